The van der Waals surface area contributed by atoms with Gasteiger partial charge in [-0.25, -0.2) is 4.79 Å². The van der Waals surface area contributed by atoms with Gasteiger partial charge in [0.2, 0.25) is 5.91 Å². The fraction of sp³-hybridized carbons (Fsp3) is 0.529. The Morgan fingerprint density at radius 3 is 2.62 bits per heavy atom. The molecule has 1 saturated carbocycles. The summed E-state index contributed by atoms with van der Waals surface area (Å²) in [5.74, 6) is -0.262. The van der Waals surface area contributed by atoms with Crippen LogP contribution in [0.5, 0.6) is 0 Å². The second-order valence-corrected chi connectivity index (χ2v) is 6.47. The first-order valence-electron chi connectivity index (χ1n) is 7.51. The summed E-state index contributed by atoms with van der Waals surface area (Å²) in [4.78, 5) is 23.1. The van der Waals surface area contributed by atoms with Gasteiger partial charge in [0.1, 0.15) is 0 Å². The summed E-state index contributed by atoms with van der Waals surface area (Å²) in [6, 6.07) is 6.56. The van der Waals surface area contributed by atoms with Gasteiger partial charge >= 0.3 is 5.97 Å². The summed E-state index contributed by atoms with van der Waals surface area (Å²) >= 11 is 0. The quantitative estimate of drug-likeness (QED) is 0.895. The van der Waals surface area contributed by atoms with Crippen molar-refractivity contribution < 1.29 is 14.7 Å². The lowest BCUT2D eigenvalue weighted by atomic mass is 9.78. The molecule has 1 amide bonds. The first-order valence-corrected chi connectivity index (χ1v) is 7.51. The summed E-state index contributed by atoms with van der Waals surface area (Å²) in [6.07, 6.45) is 4.53. The molecule has 4 heteroatoms. The van der Waals surface area contributed by atoms with Crippen LogP contribution in [0.25, 0.3) is 0 Å². The van der Waals surface area contributed by atoms with E-state index in [-0.39, 0.29) is 23.4 Å². The fourth-order valence-electron chi connectivity index (χ4n) is 2.90. The van der Waals surface area contributed by atoms with E-state index in [2.05, 4.69) is 19.2 Å². The van der Waals surface area contributed by atoms with Crippen LogP contribution < -0.4 is 5.32 Å². The molecule has 1 aromatic carbocycles. The highest BCUT2D eigenvalue weighted by Crippen LogP contribution is 2.31. The number of rotatable bonds is 4. The van der Waals surface area contributed by atoms with Gasteiger partial charge in [0.15, 0.2) is 0 Å². The van der Waals surface area contributed by atoms with Crippen LogP contribution in [0.2, 0.25) is 0 Å². The van der Waals surface area contributed by atoms with Gasteiger partial charge in [-0.1, -0.05) is 19.1 Å². The van der Waals surface area contributed by atoms with Gasteiger partial charge in [0, 0.05) is 5.54 Å². The van der Waals surface area contributed by atoms with Gasteiger partial charge in [-0.05, 0) is 56.2 Å². The normalized spacial score (nSPS) is 25.3. The Balaban J connectivity index is 1.95. The highest BCUT2D eigenvalue weighted by molar-refractivity contribution is 5.88. The minimum absolute atomic E-state index is 0.0328. The van der Waals surface area contributed by atoms with Crippen LogP contribution in [0.1, 0.15) is 55.5 Å². The number of hydrogen-bond acceptors (Lipinski definition) is 2. The molecule has 2 rings (SSSR count). The molecule has 0 aromatic heterocycles. The number of nitrogens with one attached hydrogen (secondary N) is 1. The number of carbonyl (C=O) groups is 2. The van der Waals surface area contributed by atoms with E-state index in [1.165, 1.54) is 6.07 Å². The number of carbonyl (C=O) groups excluding carboxylic acids is 1. The molecule has 114 valence electrons. The summed E-state index contributed by atoms with van der Waals surface area (Å²) < 4.78 is 0. The zero-order chi connectivity index (χ0) is 15.5. The Hall–Kier alpha value is -1.84. The van der Waals surface area contributed by atoms with Crippen LogP contribution >= 0.6 is 0 Å². The molecular formula is C17H23NO3. The van der Waals surface area contributed by atoms with Crippen LogP contribution in [-0.4, -0.2) is 22.5 Å². The summed E-state index contributed by atoms with van der Waals surface area (Å²) in [7, 11) is 0. The summed E-state index contributed by atoms with van der Waals surface area (Å²) in [5.41, 5.74) is 0.840. The van der Waals surface area contributed by atoms with Gasteiger partial charge in [-0.15, -0.1) is 0 Å². The van der Waals surface area contributed by atoms with Crippen molar-refractivity contribution in [2.24, 2.45) is 5.92 Å². The van der Waals surface area contributed by atoms with Gasteiger partial charge in [-0.3, -0.25) is 4.79 Å². The molecular weight excluding hydrogens is 266 g/mol. The predicted octanol–water partition coefficient (Wildman–Crippen LogP) is 3.01. The molecule has 0 aliphatic heterocycles. The number of carboxylic acid groups (broad SMARTS) is 1. The number of aromatic carboxylic acids is 1. The van der Waals surface area contributed by atoms with E-state index in [1.54, 1.807) is 18.2 Å². The molecule has 0 unspecified atom stereocenters. The first-order chi connectivity index (χ1) is 9.88. The maximum absolute atomic E-state index is 12.2. The van der Waals surface area contributed by atoms with Crippen LogP contribution in [-0.2, 0) is 11.2 Å². The molecule has 4 nitrogen and oxygen atoms in total. The fourth-order valence-corrected chi connectivity index (χ4v) is 2.90. The Morgan fingerprint density at radius 2 is 2.00 bits per heavy atom. The monoisotopic (exact) mass is 289 g/mol. The van der Waals surface area contributed by atoms with E-state index >= 15 is 0 Å². The minimum Gasteiger partial charge on any atom is -0.478 e. The van der Waals surface area contributed by atoms with Crippen molar-refractivity contribution in [1.82, 2.24) is 5.32 Å². The average molecular weight is 289 g/mol. The van der Waals surface area contributed by atoms with Crippen LogP contribution in [0, 0.1) is 5.92 Å². The maximum atomic E-state index is 12.2. The third kappa shape index (κ3) is 4.31. The topological polar surface area (TPSA) is 66.4 Å². The molecule has 1 aliphatic carbocycles. The second-order valence-electron chi connectivity index (χ2n) is 6.47. The molecule has 1 aliphatic rings. The zero-order valence-corrected chi connectivity index (χ0v) is 12.7. The number of hydrogen-bond donors (Lipinski definition) is 2. The Morgan fingerprint density at radius 1 is 1.33 bits per heavy atom. The molecule has 0 bridgehead atoms. The Bertz CT molecular complexity index is 531. The van der Waals surface area contributed by atoms with E-state index in [0.717, 1.165) is 37.2 Å². The number of carboxylic acids is 1. The van der Waals surface area contributed by atoms with E-state index in [1.807, 2.05) is 0 Å². The SMILES string of the molecule is CC1CCC(C)(NC(=O)Cc2cccc(C(=O)O)c2)CC1. The first kappa shape index (κ1) is 15.5. The van der Waals surface area contributed by atoms with Crippen LogP contribution in [0.15, 0.2) is 24.3 Å². The van der Waals surface area contributed by atoms with Crippen LogP contribution in [0.4, 0.5) is 0 Å². The average Bonchev–Trinajstić information content (AvgIpc) is 2.42. The van der Waals surface area contributed by atoms with Crippen molar-refractivity contribution in [2.75, 3.05) is 0 Å². The molecule has 0 heterocycles. The zero-order valence-electron chi connectivity index (χ0n) is 12.7. The summed E-state index contributed by atoms with van der Waals surface area (Å²) in [5, 5.41) is 12.1. The standard InChI is InChI=1S/C17H23NO3/c1-12-6-8-17(2,9-7-12)18-15(19)11-13-4-3-5-14(10-13)16(20)21/h3-5,10,12H,6-9,11H2,1-2H3,(H,18,19)(H,20,21). The largest absolute Gasteiger partial charge is 0.478 e. The molecule has 2 N–H and O–H groups in total. The van der Waals surface area contributed by atoms with E-state index in [0.29, 0.717) is 0 Å². The lowest BCUT2D eigenvalue weighted by Gasteiger charge is -2.37. The van der Waals surface area contributed by atoms with Gasteiger partial charge in [-0.2, -0.15) is 0 Å². The highest BCUT2D eigenvalue weighted by atomic mass is 16.4. The van der Waals surface area contributed by atoms with Crippen molar-refractivity contribution in [3.8, 4) is 0 Å². The third-order valence-corrected chi connectivity index (χ3v) is 4.36. The molecule has 1 aromatic rings. The van der Waals surface area contributed by atoms with E-state index in [9.17, 15) is 9.59 Å². The van der Waals surface area contributed by atoms with Gasteiger partial charge < -0.3 is 10.4 Å². The Labute approximate surface area is 125 Å². The van der Waals surface area contributed by atoms with Crippen LogP contribution in [0.3, 0.4) is 0 Å². The lowest BCUT2D eigenvalue weighted by Crippen LogP contribution is -2.48. The number of benzene rings is 1. The molecule has 1 fully saturated rings. The molecule has 0 atom stereocenters. The highest BCUT2D eigenvalue weighted by Gasteiger charge is 2.30. The summed E-state index contributed by atoms with van der Waals surface area (Å²) in [6.45, 7) is 4.35. The van der Waals surface area contributed by atoms with Crippen molar-refractivity contribution >= 4 is 11.9 Å². The molecule has 0 spiro atoms. The maximum Gasteiger partial charge on any atom is 0.335 e. The molecule has 0 radical (unpaired) electrons. The molecule has 0 saturated heterocycles. The Kier molecular flexibility index (Phi) is 4.66. The van der Waals surface area contributed by atoms with Crippen molar-refractivity contribution in [3.05, 3.63) is 35.4 Å². The van der Waals surface area contributed by atoms with Crippen molar-refractivity contribution in [2.45, 2.75) is 51.5 Å². The lowest BCUT2D eigenvalue weighted by molar-refractivity contribution is -0.122. The van der Waals surface area contributed by atoms with Gasteiger partial charge in [0.05, 0.1) is 12.0 Å². The predicted molar refractivity (Wildman–Crippen MR) is 81.3 cm³/mol. The van der Waals surface area contributed by atoms with E-state index < -0.39 is 5.97 Å². The smallest absolute Gasteiger partial charge is 0.335 e. The van der Waals surface area contributed by atoms with Crippen molar-refractivity contribution in [3.63, 3.8) is 0 Å². The number of amides is 1. The van der Waals surface area contributed by atoms with Gasteiger partial charge in [0.25, 0.3) is 0 Å². The second kappa shape index (κ2) is 6.29. The molecule has 21 heavy (non-hydrogen) atoms. The minimum atomic E-state index is -0.967. The van der Waals surface area contributed by atoms with E-state index in [4.69, 9.17) is 5.11 Å². The third-order valence-electron chi connectivity index (χ3n) is 4.36. The van der Waals surface area contributed by atoms with Crippen molar-refractivity contribution in [1.29, 1.82) is 0 Å².